The Kier molecular flexibility index (Phi) is 5.50. The zero-order valence-corrected chi connectivity index (χ0v) is 14.9. The van der Waals surface area contributed by atoms with Crippen LogP contribution in [-0.4, -0.2) is 45.3 Å². The van der Waals surface area contributed by atoms with Gasteiger partial charge in [0.2, 0.25) is 5.91 Å². The molecule has 1 unspecified atom stereocenters. The number of hydrogen-bond acceptors (Lipinski definition) is 4. The van der Waals surface area contributed by atoms with E-state index in [1.54, 1.807) is 4.68 Å². The molecule has 25 heavy (non-hydrogen) atoms. The molecule has 1 aliphatic rings. The number of piperidine rings is 1. The van der Waals surface area contributed by atoms with Gasteiger partial charge in [0.05, 0.1) is 18.3 Å². The van der Waals surface area contributed by atoms with Crippen molar-refractivity contribution >= 4 is 11.7 Å². The third kappa shape index (κ3) is 4.46. The lowest BCUT2D eigenvalue weighted by molar-refractivity contribution is -0.117. The molecule has 1 atom stereocenters. The quantitative estimate of drug-likeness (QED) is 0.873. The first-order chi connectivity index (χ1) is 12.0. The molecule has 2 aromatic rings. The molecule has 1 aromatic heterocycles. The van der Waals surface area contributed by atoms with Gasteiger partial charge < -0.3 is 10.4 Å². The van der Waals surface area contributed by atoms with E-state index >= 15 is 0 Å². The molecule has 0 bridgehead atoms. The van der Waals surface area contributed by atoms with Crippen LogP contribution in [0, 0.1) is 12.8 Å². The van der Waals surface area contributed by atoms with Crippen LogP contribution in [-0.2, 0) is 11.8 Å². The molecule has 2 heterocycles. The van der Waals surface area contributed by atoms with Crippen molar-refractivity contribution < 1.29 is 9.90 Å². The van der Waals surface area contributed by atoms with E-state index < -0.39 is 6.10 Å². The molecule has 0 aliphatic carbocycles. The number of rotatable bonds is 5. The summed E-state index contributed by atoms with van der Waals surface area (Å²) >= 11 is 0. The van der Waals surface area contributed by atoms with Crippen LogP contribution >= 0.6 is 0 Å². The van der Waals surface area contributed by atoms with Crippen molar-refractivity contribution in [2.24, 2.45) is 13.0 Å². The van der Waals surface area contributed by atoms with E-state index in [1.807, 2.05) is 50.4 Å². The number of hydrogen-bond donors (Lipinski definition) is 2. The molecule has 6 nitrogen and oxygen atoms in total. The maximum atomic E-state index is 12.2. The summed E-state index contributed by atoms with van der Waals surface area (Å²) < 4.78 is 1.68. The predicted octanol–water partition coefficient (Wildman–Crippen LogP) is 2.11. The van der Waals surface area contributed by atoms with Crippen molar-refractivity contribution in [3.05, 3.63) is 47.7 Å². The van der Waals surface area contributed by atoms with Crippen molar-refractivity contribution in [1.82, 2.24) is 14.7 Å². The monoisotopic (exact) mass is 342 g/mol. The van der Waals surface area contributed by atoms with E-state index in [9.17, 15) is 9.90 Å². The summed E-state index contributed by atoms with van der Waals surface area (Å²) in [5.74, 6) is 0.948. The number of aliphatic hydroxyl groups is 1. The summed E-state index contributed by atoms with van der Waals surface area (Å²) in [6.07, 6.45) is 1.37. The van der Waals surface area contributed by atoms with Crippen LogP contribution in [0.3, 0.4) is 0 Å². The number of carbonyl (C=O) groups is 1. The molecule has 3 rings (SSSR count). The molecule has 0 spiro atoms. The molecule has 0 radical (unpaired) electrons. The Hall–Kier alpha value is -2.18. The molecule has 0 saturated carbocycles. The Labute approximate surface area is 148 Å². The highest BCUT2D eigenvalue weighted by molar-refractivity contribution is 5.91. The van der Waals surface area contributed by atoms with Gasteiger partial charge in [-0.25, -0.2) is 0 Å². The van der Waals surface area contributed by atoms with E-state index in [1.165, 1.54) is 0 Å². The molecule has 1 aromatic carbocycles. The predicted molar refractivity (Wildman–Crippen MR) is 97.1 cm³/mol. The summed E-state index contributed by atoms with van der Waals surface area (Å²) in [5.41, 5.74) is 1.86. The third-order valence-electron chi connectivity index (χ3n) is 4.86. The molecule has 1 fully saturated rings. The first-order valence-corrected chi connectivity index (χ1v) is 8.79. The van der Waals surface area contributed by atoms with Gasteiger partial charge in [-0.3, -0.25) is 14.4 Å². The normalized spacial score (nSPS) is 17.4. The van der Waals surface area contributed by atoms with Gasteiger partial charge in [0, 0.05) is 13.1 Å². The van der Waals surface area contributed by atoms with E-state index in [-0.39, 0.29) is 11.8 Å². The Morgan fingerprint density at radius 2 is 2.00 bits per heavy atom. The van der Waals surface area contributed by atoms with E-state index in [0.717, 1.165) is 43.0 Å². The third-order valence-corrected chi connectivity index (χ3v) is 4.86. The number of aliphatic hydroxyl groups excluding tert-OH is 1. The van der Waals surface area contributed by atoms with E-state index in [0.29, 0.717) is 6.54 Å². The average molecular weight is 342 g/mol. The minimum Gasteiger partial charge on any atom is -0.388 e. The second-order valence-corrected chi connectivity index (χ2v) is 6.81. The highest BCUT2D eigenvalue weighted by Crippen LogP contribution is 2.30. The highest BCUT2D eigenvalue weighted by Gasteiger charge is 2.27. The number of likely N-dealkylation sites (tertiary alicyclic amines) is 1. The fraction of sp³-hybridized carbons (Fsp3) is 0.474. The lowest BCUT2D eigenvalue weighted by atomic mass is 9.87. The zero-order chi connectivity index (χ0) is 17.8. The Morgan fingerprint density at radius 1 is 1.32 bits per heavy atom. The lowest BCUT2D eigenvalue weighted by Crippen LogP contribution is -2.40. The van der Waals surface area contributed by atoms with Crippen molar-refractivity contribution in [3.63, 3.8) is 0 Å². The molecule has 6 heteroatoms. The Bertz CT molecular complexity index is 705. The van der Waals surface area contributed by atoms with Crippen molar-refractivity contribution in [1.29, 1.82) is 0 Å². The molecule has 134 valence electrons. The molecule has 1 amide bonds. The minimum atomic E-state index is -0.422. The van der Waals surface area contributed by atoms with Crippen molar-refractivity contribution in [2.45, 2.75) is 25.9 Å². The van der Waals surface area contributed by atoms with Gasteiger partial charge in [-0.05, 0) is 44.3 Å². The fourth-order valence-corrected chi connectivity index (χ4v) is 3.46. The van der Waals surface area contributed by atoms with Gasteiger partial charge in [-0.15, -0.1) is 0 Å². The maximum Gasteiger partial charge on any atom is 0.239 e. The molecular weight excluding hydrogens is 316 g/mol. The molecule has 1 aliphatic heterocycles. The summed E-state index contributed by atoms with van der Waals surface area (Å²) in [5, 5.41) is 17.7. The summed E-state index contributed by atoms with van der Waals surface area (Å²) in [4.78, 5) is 14.4. The number of benzene rings is 1. The number of nitrogens with zero attached hydrogens (tertiary/aromatic N) is 3. The van der Waals surface area contributed by atoms with Gasteiger partial charge in [-0.1, -0.05) is 30.3 Å². The fourth-order valence-electron chi connectivity index (χ4n) is 3.46. The zero-order valence-electron chi connectivity index (χ0n) is 14.9. The Balaban J connectivity index is 1.47. The van der Waals surface area contributed by atoms with Gasteiger partial charge in [0.15, 0.2) is 0 Å². The van der Waals surface area contributed by atoms with Crippen LogP contribution in [0.2, 0.25) is 0 Å². The summed E-state index contributed by atoms with van der Waals surface area (Å²) in [6, 6.07) is 11.7. The van der Waals surface area contributed by atoms with Gasteiger partial charge in [-0.2, -0.15) is 5.10 Å². The van der Waals surface area contributed by atoms with Gasteiger partial charge in [0.25, 0.3) is 0 Å². The van der Waals surface area contributed by atoms with Crippen molar-refractivity contribution in [2.75, 3.05) is 25.0 Å². The average Bonchev–Trinajstić information content (AvgIpc) is 2.92. The molecular formula is C19H26N4O2. The largest absolute Gasteiger partial charge is 0.388 e. The number of amides is 1. The first kappa shape index (κ1) is 17.6. The van der Waals surface area contributed by atoms with Crippen LogP contribution in [0.15, 0.2) is 36.4 Å². The van der Waals surface area contributed by atoms with Crippen molar-refractivity contribution in [3.8, 4) is 0 Å². The van der Waals surface area contributed by atoms with Crippen LogP contribution < -0.4 is 5.32 Å². The first-order valence-electron chi connectivity index (χ1n) is 8.79. The van der Waals surface area contributed by atoms with Crippen LogP contribution in [0.4, 0.5) is 5.82 Å². The second-order valence-electron chi connectivity index (χ2n) is 6.81. The van der Waals surface area contributed by atoms with Crippen LogP contribution in [0.5, 0.6) is 0 Å². The summed E-state index contributed by atoms with van der Waals surface area (Å²) in [6.45, 7) is 3.93. The second kappa shape index (κ2) is 7.80. The SMILES string of the molecule is Cc1cc(NC(=O)CN2CCC(C(O)c3ccccc3)CC2)n(C)n1. The number of aromatic nitrogens is 2. The number of anilines is 1. The maximum absolute atomic E-state index is 12.2. The van der Waals surface area contributed by atoms with E-state index in [2.05, 4.69) is 15.3 Å². The minimum absolute atomic E-state index is 0.0231. The van der Waals surface area contributed by atoms with Gasteiger partial charge >= 0.3 is 0 Å². The molecule has 1 saturated heterocycles. The number of aryl methyl sites for hydroxylation is 2. The Morgan fingerprint density at radius 3 is 2.60 bits per heavy atom. The smallest absolute Gasteiger partial charge is 0.239 e. The molecule has 2 N–H and O–H groups in total. The summed E-state index contributed by atoms with van der Waals surface area (Å²) in [7, 11) is 1.82. The van der Waals surface area contributed by atoms with Crippen LogP contribution in [0.1, 0.15) is 30.2 Å². The standard InChI is InChI=1S/C19H26N4O2/c1-14-12-17(22(2)21-14)20-18(24)13-23-10-8-16(9-11-23)19(25)15-6-4-3-5-7-15/h3-7,12,16,19,25H,8-11,13H2,1-2H3,(H,20,24). The highest BCUT2D eigenvalue weighted by atomic mass is 16.3. The van der Waals surface area contributed by atoms with E-state index in [4.69, 9.17) is 0 Å². The lowest BCUT2D eigenvalue weighted by Gasteiger charge is -2.33. The van der Waals surface area contributed by atoms with Crippen LogP contribution in [0.25, 0.3) is 0 Å². The topological polar surface area (TPSA) is 70.4 Å². The number of carbonyl (C=O) groups excluding carboxylic acids is 1. The number of nitrogens with one attached hydrogen (secondary N) is 1. The van der Waals surface area contributed by atoms with Gasteiger partial charge in [0.1, 0.15) is 5.82 Å².